The van der Waals surface area contributed by atoms with Gasteiger partial charge in [0.15, 0.2) is 5.78 Å². The van der Waals surface area contributed by atoms with Crippen molar-refractivity contribution in [3.63, 3.8) is 0 Å². The molecular weight excluding hydrogens is 406 g/mol. The molecule has 0 fully saturated rings. The minimum absolute atomic E-state index is 0.0779. The molecule has 0 spiro atoms. The van der Waals surface area contributed by atoms with E-state index in [1.807, 2.05) is 47.9 Å². The lowest BCUT2D eigenvalue weighted by molar-refractivity contribution is -0.131. The van der Waals surface area contributed by atoms with Gasteiger partial charge in [-0.3, -0.25) is 9.59 Å². The maximum absolute atomic E-state index is 12.8. The average molecular weight is 427 g/mol. The summed E-state index contributed by atoms with van der Waals surface area (Å²) in [6, 6.07) is 21.3. The first-order valence-electron chi connectivity index (χ1n) is 10.1. The lowest BCUT2D eigenvalue weighted by Crippen LogP contribution is -2.12. The molecule has 0 aliphatic heterocycles. The molecule has 0 bridgehead atoms. The van der Waals surface area contributed by atoms with Gasteiger partial charge in [0, 0.05) is 29.3 Å². The van der Waals surface area contributed by atoms with Crippen molar-refractivity contribution in [1.82, 2.24) is 4.57 Å². The maximum atomic E-state index is 12.8. The Hall–Kier alpha value is -4.19. The van der Waals surface area contributed by atoms with E-state index in [1.54, 1.807) is 24.3 Å². The summed E-state index contributed by atoms with van der Waals surface area (Å²) in [5.74, 6) is -0.861. The van der Waals surface area contributed by atoms with Crippen molar-refractivity contribution in [3.05, 3.63) is 89.6 Å². The highest BCUT2D eigenvalue weighted by Gasteiger charge is 2.21. The average Bonchev–Trinajstić information content (AvgIpc) is 3.05. The van der Waals surface area contributed by atoms with Crippen molar-refractivity contribution in [2.24, 2.45) is 0 Å². The third-order valence-electron chi connectivity index (χ3n) is 5.11. The van der Waals surface area contributed by atoms with E-state index >= 15 is 0 Å². The predicted octanol–water partition coefficient (Wildman–Crippen LogP) is 5.29. The highest BCUT2D eigenvalue weighted by Crippen LogP contribution is 2.33. The van der Waals surface area contributed by atoms with E-state index in [1.165, 1.54) is 26.0 Å². The normalized spacial score (nSPS) is 10.7. The molecule has 32 heavy (non-hydrogen) atoms. The Labute approximate surface area is 185 Å². The van der Waals surface area contributed by atoms with E-state index in [-0.39, 0.29) is 22.8 Å². The van der Waals surface area contributed by atoms with Crippen LogP contribution in [0.25, 0.3) is 16.6 Å². The zero-order valence-corrected chi connectivity index (χ0v) is 17.9. The van der Waals surface area contributed by atoms with Crippen LogP contribution in [0.2, 0.25) is 0 Å². The summed E-state index contributed by atoms with van der Waals surface area (Å²) in [4.78, 5) is 36.6. The standard InChI is InChI=1S/C26H21NO5/c1-16-25(17(2)28)22-15-20(13-14-23(22)27(16)19-9-5-4-6-10-19)32-26(30)21-11-7-8-12-24(21)31-18(3)29/h4-15H,1-3H3. The molecule has 4 aromatic rings. The number of hydrogen-bond acceptors (Lipinski definition) is 5. The third-order valence-corrected chi connectivity index (χ3v) is 5.11. The summed E-state index contributed by atoms with van der Waals surface area (Å²) in [6.45, 7) is 4.68. The molecule has 1 heterocycles. The van der Waals surface area contributed by atoms with Gasteiger partial charge in [-0.1, -0.05) is 30.3 Å². The maximum Gasteiger partial charge on any atom is 0.347 e. The second-order valence-corrected chi connectivity index (χ2v) is 7.35. The highest BCUT2D eigenvalue weighted by molar-refractivity contribution is 6.09. The van der Waals surface area contributed by atoms with Gasteiger partial charge in [0.1, 0.15) is 17.1 Å². The lowest BCUT2D eigenvalue weighted by Gasteiger charge is -2.10. The topological polar surface area (TPSA) is 74.6 Å². The van der Waals surface area contributed by atoms with Crippen molar-refractivity contribution in [1.29, 1.82) is 0 Å². The molecule has 6 nitrogen and oxygen atoms in total. The minimum atomic E-state index is -0.662. The molecule has 0 saturated carbocycles. The van der Waals surface area contributed by atoms with Gasteiger partial charge in [-0.15, -0.1) is 0 Å². The van der Waals surface area contributed by atoms with E-state index in [0.29, 0.717) is 10.9 Å². The number of carbonyl (C=O) groups excluding carboxylic acids is 3. The molecule has 0 aliphatic carbocycles. The number of ether oxygens (including phenoxy) is 2. The van der Waals surface area contributed by atoms with Crippen LogP contribution < -0.4 is 9.47 Å². The van der Waals surface area contributed by atoms with Gasteiger partial charge >= 0.3 is 11.9 Å². The Balaban J connectivity index is 1.77. The number of fused-ring (bicyclic) bond motifs is 1. The summed E-state index contributed by atoms with van der Waals surface area (Å²) in [5.41, 5.74) is 3.28. The quantitative estimate of drug-likeness (QED) is 0.246. The zero-order chi connectivity index (χ0) is 22.8. The van der Waals surface area contributed by atoms with Gasteiger partial charge in [0.25, 0.3) is 0 Å². The Morgan fingerprint density at radius 2 is 1.50 bits per heavy atom. The first-order valence-corrected chi connectivity index (χ1v) is 10.1. The van der Waals surface area contributed by atoms with E-state index in [2.05, 4.69) is 0 Å². The molecule has 160 valence electrons. The molecule has 0 unspecified atom stereocenters. The molecule has 1 aromatic heterocycles. The molecular formula is C26H21NO5. The van der Waals surface area contributed by atoms with Crippen molar-refractivity contribution in [3.8, 4) is 17.2 Å². The Kier molecular flexibility index (Phi) is 5.60. The second-order valence-electron chi connectivity index (χ2n) is 7.35. The molecule has 0 saturated heterocycles. The number of ketones is 1. The molecule has 3 aromatic carbocycles. The number of Topliss-reactive ketones (excluding diaryl/α,β-unsaturated/α-hetero) is 1. The van der Waals surface area contributed by atoms with Crippen LogP contribution in [0.5, 0.6) is 11.5 Å². The molecule has 0 aliphatic rings. The van der Waals surface area contributed by atoms with Gasteiger partial charge < -0.3 is 14.0 Å². The van der Waals surface area contributed by atoms with Gasteiger partial charge in [-0.05, 0) is 56.3 Å². The van der Waals surface area contributed by atoms with Crippen LogP contribution in [0.4, 0.5) is 0 Å². The molecule has 0 amide bonds. The van der Waals surface area contributed by atoms with Crippen LogP contribution in [0.3, 0.4) is 0 Å². The van der Waals surface area contributed by atoms with Crippen molar-refractivity contribution >= 4 is 28.6 Å². The number of aromatic nitrogens is 1. The van der Waals surface area contributed by atoms with Crippen LogP contribution in [-0.4, -0.2) is 22.3 Å². The SMILES string of the molecule is CC(=O)Oc1ccccc1C(=O)Oc1ccc2c(c1)c(C(C)=O)c(C)n2-c1ccccc1. The first kappa shape index (κ1) is 21.1. The summed E-state index contributed by atoms with van der Waals surface area (Å²) >= 11 is 0. The minimum Gasteiger partial charge on any atom is -0.426 e. The number of hydrogen-bond donors (Lipinski definition) is 0. The molecule has 0 atom stereocenters. The fraction of sp³-hybridized carbons (Fsp3) is 0.115. The number of para-hydroxylation sites is 2. The number of nitrogens with zero attached hydrogens (tertiary/aromatic N) is 1. The summed E-state index contributed by atoms with van der Waals surface area (Å²) in [6.07, 6.45) is 0. The molecule has 6 heteroatoms. The van der Waals surface area contributed by atoms with E-state index in [9.17, 15) is 14.4 Å². The third kappa shape index (κ3) is 3.90. The van der Waals surface area contributed by atoms with Crippen LogP contribution in [0.15, 0.2) is 72.8 Å². The molecule has 0 radical (unpaired) electrons. The van der Waals surface area contributed by atoms with Crippen LogP contribution in [0, 0.1) is 6.92 Å². The Morgan fingerprint density at radius 3 is 2.19 bits per heavy atom. The monoisotopic (exact) mass is 427 g/mol. The van der Waals surface area contributed by atoms with Crippen LogP contribution >= 0.6 is 0 Å². The summed E-state index contributed by atoms with van der Waals surface area (Å²) in [5, 5.41) is 0.692. The number of rotatable bonds is 5. The summed E-state index contributed by atoms with van der Waals surface area (Å²) < 4.78 is 12.7. The van der Waals surface area contributed by atoms with E-state index < -0.39 is 11.9 Å². The first-order chi connectivity index (χ1) is 15.4. The zero-order valence-electron chi connectivity index (χ0n) is 17.9. The van der Waals surface area contributed by atoms with Gasteiger partial charge in [-0.25, -0.2) is 4.79 Å². The van der Waals surface area contributed by atoms with E-state index in [4.69, 9.17) is 9.47 Å². The number of benzene rings is 3. The van der Waals surface area contributed by atoms with Gasteiger partial charge in [0.05, 0.1) is 5.52 Å². The number of esters is 2. The fourth-order valence-electron chi connectivity index (χ4n) is 3.86. The smallest absolute Gasteiger partial charge is 0.347 e. The largest absolute Gasteiger partial charge is 0.426 e. The van der Waals surface area contributed by atoms with Crippen molar-refractivity contribution < 1.29 is 23.9 Å². The number of carbonyl (C=O) groups is 3. The molecule has 4 rings (SSSR count). The van der Waals surface area contributed by atoms with Gasteiger partial charge in [-0.2, -0.15) is 0 Å². The van der Waals surface area contributed by atoms with E-state index in [0.717, 1.165) is 16.9 Å². The lowest BCUT2D eigenvalue weighted by atomic mass is 10.1. The predicted molar refractivity (Wildman–Crippen MR) is 121 cm³/mol. The van der Waals surface area contributed by atoms with Crippen LogP contribution in [-0.2, 0) is 4.79 Å². The summed E-state index contributed by atoms with van der Waals surface area (Å²) in [7, 11) is 0. The molecule has 0 N–H and O–H groups in total. The highest BCUT2D eigenvalue weighted by atomic mass is 16.5. The Morgan fingerprint density at radius 1 is 0.812 bits per heavy atom. The van der Waals surface area contributed by atoms with Crippen molar-refractivity contribution in [2.75, 3.05) is 0 Å². The van der Waals surface area contributed by atoms with Crippen molar-refractivity contribution in [2.45, 2.75) is 20.8 Å². The second kappa shape index (κ2) is 8.51. The fourth-order valence-corrected chi connectivity index (χ4v) is 3.86. The van der Waals surface area contributed by atoms with Gasteiger partial charge in [0.2, 0.25) is 0 Å². The van der Waals surface area contributed by atoms with Crippen LogP contribution in [0.1, 0.15) is 40.3 Å². The Bertz CT molecular complexity index is 1350.